The van der Waals surface area contributed by atoms with E-state index in [4.69, 9.17) is 0 Å². The van der Waals surface area contributed by atoms with Gasteiger partial charge in [0.1, 0.15) is 0 Å². The third-order valence-electron chi connectivity index (χ3n) is 5.49. The zero-order valence-electron chi connectivity index (χ0n) is 18.2. The highest BCUT2D eigenvalue weighted by atomic mass is 32.2. The molecule has 0 aliphatic heterocycles. The van der Waals surface area contributed by atoms with Gasteiger partial charge in [-0.2, -0.15) is 5.10 Å². The highest BCUT2D eigenvalue weighted by molar-refractivity contribution is 7.89. The SMILES string of the molecule is Cc1cnn(CCCNC(=O)CCNS(=O)(=O)c2c(C)c(C)c(C)c(C)c2C)c1. The van der Waals surface area contributed by atoms with E-state index in [0.29, 0.717) is 11.4 Å². The highest BCUT2D eigenvalue weighted by Crippen LogP contribution is 2.29. The maximum absolute atomic E-state index is 12.8. The van der Waals surface area contributed by atoms with E-state index in [1.807, 2.05) is 52.4 Å². The summed E-state index contributed by atoms with van der Waals surface area (Å²) >= 11 is 0. The number of rotatable bonds is 9. The molecule has 29 heavy (non-hydrogen) atoms. The van der Waals surface area contributed by atoms with Gasteiger partial charge in [-0.15, -0.1) is 0 Å². The number of amides is 1. The molecule has 0 spiro atoms. The molecule has 1 heterocycles. The van der Waals surface area contributed by atoms with E-state index in [2.05, 4.69) is 15.1 Å². The molecule has 1 aromatic heterocycles. The molecule has 1 amide bonds. The fourth-order valence-corrected chi connectivity index (χ4v) is 5.01. The van der Waals surface area contributed by atoms with Gasteiger partial charge in [0, 0.05) is 32.3 Å². The zero-order valence-corrected chi connectivity index (χ0v) is 19.0. The third kappa shape index (κ3) is 5.67. The maximum atomic E-state index is 12.8. The number of benzene rings is 1. The van der Waals surface area contributed by atoms with Crippen molar-refractivity contribution < 1.29 is 13.2 Å². The second-order valence-electron chi connectivity index (χ2n) is 7.59. The smallest absolute Gasteiger partial charge is 0.241 e. The highest BCUT2D eigenvalue weighted by Gasteiger charge is 2.23. The van der Waals surface area contributed by atoms with Crippen molar-refractivity contribution in [3.05, 3.63) is 45.8 Å². The lowest BCUT2D eigenvalue weighted by atomic mass is 9.95. The Kier molecular flexibility index (Phi) is 7.60. The summed E-state index contributed by atoms with van der Waals surface area (Å²) in [5.74, 6) is -0.172. The number of nitrogens with zero attached hydrogens (tertiary/aromatic N) is 2. The van der Waals surface area contributed by atoms with Gasteiger partial charge < -0.3 is 5.32 Å². The summed E-state index contributed by atoms with van der Waals surface area (Å²) in [6.45, 7) is 12.8. The summed E-state index contributed by atoms with van der Waals surface area (Å²) in [5, 5.41) is 7.02. The molecule has 2 rings (SSSR count). The maximum Gasteiger partial charge on any atom is 0.241 e. The Morgan fingerprint density at radius 3 is 2.10 bits per heavy atom. The summed E-state index contributed by atoms with van der Waals surface area (Å²) in [4.78, 5) is 12.3. The first kappa shape index (κ1) is 23.1. The predicted molar refractivity (Wildman–Crippen MR) is 115 cm³/mol. The van der Waals surface area contributed by atoms with Crippen molar-refractivity contribution in [2.75, 3.05) is 13.1 Å². The monoisotopic (exact) mass is 420 g/mol. The summed E-state index contributed by atoms with van der Waals surface area (Å²) in [6.07, 6.45) is 4.61. The van der Waals surface area contributed by atoms with Crippen LogP contribution in [0.1, 0.15) is 46.2 Å². The Labute approximate surface area is 173 Å². The average Bonchev–Trinajstić information content (AvgIpc) is 3.07. The van der Waals surface area contributed by atoms with E-state index in [0.717, 1.165) is 46.3 Å². The van der Waals surface area contributed by atoms with Gasteiger partial charge in [0.2, 0.25) is 15.9 Å². The first-order valence-corrected chi connectivity index (χ1v) is 11.3. The minimum absolute atomic E-state index is 0.0668. The molecule has 1 aromatic carbocycles. The van der Waals surface area contributed by atoms with Crippen molar-refractivity contribution in [3.63, 3.8) is 0 Å². The zero-order chi connectivity index (χ0) is 21.8. The van der Waals surface area contributed by atoms with Crippen LogP contribution in [0.25, 0.3) is 0 Å². The Morgan fingerprint density at radius 1 is 0.966 bits per heavy atom. The van der Waals surface area contributed by atoms with Crippen LogP contribution in [0, 0.1) is 41.5 Å². The van der Waals surface area contributed by atoms with E-state index < -0.39 is 10.0 Å². The molecule has 0 unspecified atom stereocenters. The molecular formula is C21H32N4O3S. The van der Waals surface area contributed by atoms with Crippen LogP contribution in [-0.2, 0) is 21.4 Å². The van der Waals surface area contributed by atoms with Crippen molar-refractivity contribution >= 4 is 15.9 Å². The number of sulfonamides is 1. The van der Waals surface area contributed by atoms with Crippen molar-refractivity contribution in [2.45, 2.75) is 65.8 Å². The Balaban J connectivity index is 1.85. The molecule has 7 nitrogen and oxygen atoms in total. The number of aryl methyl sites for hydroxylation is 2. The van der Waals surface area contributed by atoms with Crippen LogP contribution in [0.15, 0.2) is 17.3 Å². The molecule has 0 fully saturated rings. The summed E-state index contributed by atoms with van der Waals surface area (Å²) in [6, 6.07) is 0. The van der Waals surface area contributed by atoms with Crippen LogP contribution in [0.5, 0.6) is 0 Å². The molecule has 0 bridgehead atoms. The van der Waals surface area contributed by atoms with Gasteiger partial charge in [-0.3, -0.25) is 9.48 Å². The predicted octanol–water partition coefficient (Wildman–Crippen LogP) is 2.61. The van der Waals surface area contributed by atoms with Gasteiger partial charge in [-0.1, -0.05) is 0 Å². The Hall–Kier alpha value is -2.19. The molecule has 0 aliphatic carbocycles. The first-order valence-electron chi connectivity index (χ1n) is 9.87. The lowest BCUT2D eigenvalue weighted by molar-refractivity contribution is -0.120. The third-order valence-corrected chi connectivity index (χ3v) is 7.23. The van der Waals surface area contributed by atoms with Crippen molar-refractivity contribution in [3.8, 4) is 0 Å². The van der Waals surface area contributed by atoms with Crippen LogP contribution in [-0.4, -0.2) is 37.2 Å². The van der Waals surface area contributed by atoms with Gasteiger partial charge in [0.25, 0.3) is 0 Å². The molecule has 0 aliphatic rings. The minimum atomic E-state index is -3.68. The van der Waals surface area contributed by atoms with E-state index in [1.54, 1.807) is 6.20 Å². The number of hydrogen-bond donors (Lipinski definition) is 2. The van der Waals surface area contributed by atoms with E-state index in [-0.39, 0.29) is 18.9 Å². The fourth-order valence-electron chi connectivity index (χ4n) is 3.39. The Bertz CT molecular complexity index is 965. The van der Waals surface area contributed by atoms with E-state index in [9.17, 15) is 13.2 Å². The lowest BCUT2D eigenvalue weighted by Gasteiger charge is -2.19. The first-order chi connectivity index (χ1) is 13.5. The number of carbonyl (C=O) groups is 1. The van der Waals surface area contributed by atoms with Crippen LogP contribution in [0.3, 0.4) is 0 Å². The van der Waals surface area contributed by atoms with Gasteiger partial charge >= 0.3 is 0 Å². The normalized spacial score (nSPS) is 11.7. The molecule has 0 saturated heterocycles. The molecule has 2 N–H and O–H groups in total. The lowest BCUT2D eigenvalue weighted by Crippen LogP contribution is -2.32. The summed E-state index contributed by atoms with van der Waals surface area (Å²) < 4.78 is 30.1. The van der Waals surface area contributed by atoms with E-state index in [1.165, 1.54) is 0 Å². The average molecular weight is 421 g/mol. The molecular weight excluding hydrogens is 388 g/mol. The van der Waals surface area contributed by atoms with Crippen LogP contribution < -0.4 is 10.0 Å². The number of aromatic nitrogens is 2. The topological polar surface area (TPSA) is 93.1 Å². The second kappa shape index (κ2) is 9.54. The number of hydrogen-bond acceptors (Lipinski definition) is 4. The van der Waals surface area contributed by atoms with Crippen molar-refractivity contribution in [1.82, 2.24) is 19.8 Å². The summed E-state index contributed by atoms with van der Waals surface area (Å²) in [7, 11) is -3.68. The van der Waals surface area contributed by atoms with Gasteiger partial charge in [0.15, 0.2) is 0 Å². The molecule has 0 atom stereocenters. The van der Waals surface area contributed by atoms with Gasteiger partial charge in [-0.25, -0.2) is 13.1 Å². The number of carbonyl (C=O) groups excluding carboxylic acids is 1. The molecule has 8 heteroatoms. The molecule has 160 valence electrons. The summed E-state index contributed by atoms with van der Waals surface area (Å²) in [5.41, 5.74) is 5.71. The number of nitrogens with one attached hydrogen (secondary N) is 2. The molecule has 0 saturated carbocycles. The van der Waals surface area contributed by atoms with Crippen molar-refractivity contribution in [1.29, 1.82) is 0 Å². The van der Waals surface area contributed by atoms with Gasteiger partial charge in [-0.05, 0) is 81.3 Å². The minimum Gasteiger partial charge on any atom is -0.356 e. The van der Waals surface area contributed by atoms with Crippen LogP contribution in [0.2, 0.25) is 0 Å². The standard InChI is InChI=1S/C21H32N4O3S/c1-14-12-23-25(13-14)11-7-9-22-20(26)8-10-24-29(27,28)21-18(5)16(3)15(2)17(4)19(21)6/h12-13,24H,7-11H2,1-6H3,(H,22,26). The second-order valence-corrected chi connectivity index (χ2v) is 9.29. The Morgan fingerprint density at radius 2 is 1.55 bits per heavy atom. The van der Waals surface area contributed by atoms with Crippen LogP contribution in [0.4, 0.5) is 0 Å². The van der Waals surface area contributed by atoms with Gasteiger partial charge in [0.05, 0.1) is 11.1 Å². The molecule has 2 aromatic rings. The largest absolute Gasteiger partial charge is 0.356 e. The quantitative estimate of drug-likeness (QED) is 0.610. The molecule has 0 radical (unpaired) electrons. The fraction of sp³-hybridized carbons (Fsp3) is 0.524. The van der Waals surface area contributed by atoms with Crippen LogP contribution >= 0.6 is 0 Å². The van der Waals surface area contributed by atoms with Crippen molar-refractivity contribution in [2.24, 2.45) is 0 Å². The van der Waals surface area contributed by atoms with E-state index >= 15 is 0 Å².